The highest BCUT2D eigenvalue weighted by molar-refractivity contribution is 9.10. The highest BCUT2D eigenvalue weighted by Crippen LogP contribution is 2.36. The first-order valence-corrected chi connectivity index (χ1v) is 9.09. The maximum Gasteiger partial charge on any atom is 0.166 e. The van der Waals surface area contributed by atoms with Crippen LogP contribution in [0.15, 0.2) is 47.3 Å². The van der Waals surface area contributed by atoms with E-state index in [1.54, 1.807) is 25.4 Å². The number of rotatable bonds is 4. The molecule has 8 heteroatoms. The lowest BCUT2D eigenvalue weighted by molar-refractivity contribution is 0.227. The highest BCUT2D eigenvalue weighted by Gasteiger charge is 2.20. The first-order chi connectivity index (χ1) is 12.4. The molecule has 0 amide bonds. The van der Waals surface area contributed by atoms with Gasteiger partial charge >= 0.3 is 0 Å². The zero-order valence-corrected chi connectivity index (χ0v) is 16.6. The predicted octanol–water partition coefficient (Wildman–Crippen LogP) is 6.07. The molecule has 0 saturated carbocycles. The first-order valence-electron chi connectivity index (χ1n) is 7.54. The summed E-state index contributed by atoms with van der Waals surface area (Å²) in [5.41, 5.74) is 7.90. The summed E-state index contributed by atoms with van der Waals surface area (Å²) >= 11 is 15.5. The van der Waals surface area contributed by atoms with Crippen LogP contribution in [0, 0.1) is 5.82 Å². The lowest BCUT2D eigenvalue weighted by atomic mass is 10.1. The number of anilines is 1. The van der Waals surface area contributed by atoms with Gasteiger partial charge in [0.1, 0.15) is 16.5 Å². The fraction of sp³-hybridized carbons (Fsp3) is 0.111. The second-order valence-corrected chi connectivity index (χ2v) is 7.09. The Morgan fingerprint density at radius 1 is 1.12 bits per heavy atom. The van der Waals surface area contributed by atoms with Crippen molar-refractivity contribution in [3.63, 3.8) is 0 Å². The molecule has 0 bridgehead atoms. The van der Waals surface area contributed by atoms with Crippen LogP contribution in [0.25, 0.3) is 11.1 Å². The standard InChI is InChI=1S/C18H13BrCl2FN3O/c1-9(16-12(20)3-4-13(22)17(16)21)26-14-6-11(8-25-18(14)23)10-2-5-15(19)24-7-10/h2-9H,1H3,(H2,23,25). The summed E-state index contributed by atoms with van der Waals surface area (Å²) in [5.74, 6) is -0.0223. The summed E-state index contributed by atoms with van der Waals surface area (Å²) in [6.45, 7) is 1.71. The number of halogens is 4. The third-order valence-electron chi connectivity index (χ3n) is 3.73. The van der Waals surface area contributed by atoms with Crippen molar-refractivity contribution in [1.82, 2.24) is 9.97 Å². The van der Waals surface area contributed by atoms with Crippen molar-refractivity contribution < 1.29 is 9.13 Å². The number of nitrogens with two attached hydrogens (primary N) is 1. The van der Waals surface area contributed by atoms with E-state index in [-0.39, 0.29) is 10.8 Å². The Balaban J connectivity index is 1.94. The van der Waals surface area contributed by atoms with E-state index in [0.29, 0.717) is 16.3 Å². The van der Waals surface area contributed by atoms with Crippen molar-refractivity contribution in [2.45, 2.75) is 13.0 Å². The van der Waals surface area contributed by atoms with E-state index in [4.69, 9.17) is 33.7 Å². The van der Waals surface area contributed by atoms with Gasteiger partial charge in [-0.1, -0.05) is 29.3 Å². The number of nitrogens with zero attached hydrogens (tertiary/aromatic N) is 2. The minimum Gasteiger partial charge on any atom is -0.482 e. The zero-order chi connectivity index (χ0) is 18.8. The minimum atomic E-state index is -0.631. The third-order valence-corrected chi connectivity index (χ3v) is 4.92. The Kier molecular flexibility index (Phi) is 5.65. The Bertz CT molecular complexity index is 954. The molecule has 0 spiro atoms. The van der Waals surface area contributed by atoms with Crippen LogP contribution >= 0.6 is 39.1 Å². The van der Waals surface area contributed by atoms with E-state index < -0.39 is 11.9 Å². The fourth-order valence-corrected chi connectivity index (χ4v) is 3.33. The Hall–Kier alpha value is -1.89. The number of hydrogen-bond acceptors (Lipinski definition) is 4. The molecular weight excluding hydrogens is 444 g/mol. The lowest BCUT2D eigenvalue weighted by Gasteiger charge is -2.19. The zero-order valence-electron chi connectivity index (χ0n) is 13.5. The van der Waals surface area contributed by atoms with Gasteiger partial charge in [-0.15, -0.1) is 0 Å². The first kappa shape index (κ1) is 18.9. The maximum absolute atomic E-state index is 13.8. The minimum absolute atomic E-state index is 0.0789. The van der Waals surface area contributed by atoms with Gasteiger partial charge < -0.3 is 10.5 Å². The third kappa shape index (κ3) is 3.92. The summed E-state index contributed by atoms with van der Waals surface area (Å²) in [6.07, 6.45) is 2.69. The van der Waals surface area contributed by atoms with E-state index in [1.807, 2.05) is 12.1 Å². The highest BCUT2D eigenvalue weighted by atomic mass is 79.9. The predicted molar refractivity (Wildman–Crippen MR) is 105 cm³/mol. The molecule has 1 unspecified atom stereocenters. The molecule has 3 aromatic rings. The second kappa shape index (κ2) is 7.78. The summed E-state index contributed by atoms with van der Waals surface area (Å²) in [4.78, 5) is 8.35. The molecule has 3 rings (SSSR count). The van der Waals surface area contributed by atoms with Gasteiger partial charge in [0.2, 0.25) is 0 Å². The van der Waals surface area contributed by atoms with Crippen molar-refractivity contribution >= 4 is 44.9 Å². The summed E-state index contributed by atoms with van der Waals surface area (Å²) in [7, 11) is 0. The van der Waals surface area contributed by atoms with Crippen LogP contribution in [-0.2, 0) is 0 Å². The number of nitrogen functional groups attached to an aromatic ring is 1. The van der Waals surface area contributed by atoms with Crippen molar-refractivity contribution in [2.75, 3.05) is 5.73 Å². The van der Waals surface area contributed by atoms with Crippen LogP contribution in [0.4, 0.5) is 10.2 Å². The molecule has 2 aromatic heterocycles. The van der Waals surface area contributed by atoms with Crippen molar-refractivity contribution in [2.24, 2.45) is 0 Å². The van der Waals surface area contributed by atoms with E-state index in [1.165, 1.54) is 12.1 Å². The maximum atomic E-state index is 13.8. The van der Waals surface area contributed by atoms with Crippen molar-refractivity contribution in [3.05, 3.63) is 68.8 Å². The van der Waals surface area contributed by atoms with E-state index in [9.17, 15) is 4.39 Å². The molecule has 1 atom stereocenters. The number of aromatic nitrogens is 2. The Morgan fingerprint density at radius 3 is 2.54 bits per heavy atom. The summed E-state index contributed by atoms with van der Waals surface area (Å²) in [6, 6.07) is 8.09. The summed E-state index contributed by atoms with van der Waals surface area (Å²) < 4.78 is 20.4. The van der Waals surface area contributed by atoms with Gasteiger partial charge in [-0.3, -0.25) is 0 Å². The normalized spacial score (nSPS) is 12.0. The van der Waals surface area contributed by atoms with Gasteiger partial charge in [0.25, 0.3) is 0 Å². The van der Waals surface area contributed by atoms with Gasteiger partial charge in [0.15, 0.2) is 11.6 Å². The second-order valence-electron chi connectivity index (χ2n) is 5.49. The quantitative estimate of drug-likeness (QED) is 0.382. The number of hydrogen-bond donors (Lipinski definition) is 1. The molecule has 0 radical (unpaired) electrons. The van der Waals surface area contributed by atoms with Crippen LogP contribution in [0.2, 0.25) is 10.0 Å². The molecule has 2 heterocycles. The van der Waals surface area contributed by atoms with Crippen LogP contribution < -0.4 is 10.5 Å². The molecule has 2 N–H and O–H groups in total. The SMILES string of the molecule is CC(Oc1cc(-c2ccc(Br)nc2)cnc1N)c1c(Cl)ccc(F)c1Cl. The number of pyridine rings is 2. The van der Waals surface area contributed by atoms with Crippen LogP contribution in [0.3, 0.4) is 0 Å². The van der Waals surface area contributed by atoms with Crippen LogP contribution in [0.5, 0.6) is 5.75 Å². The Morgan fingerprint density at radius 2 is 1.85 bits per heavy atom. The van der Waals surface area contributed by atoms with Crippen LogP contribution in [0.1, 0.15) is 18.6 Å². The van der Waals surface area contributed by atoms with E-state index >= 15 is 0 Å². The average molecular weight is 457 g/mol. The molecule has 0 aliphatic heterocycles. The topological polar surface area (TPSA) is 61.0 Å². The molecule has 26 heavy (non-hydrogen) atoms. The van der Waals surface area contributed by atoms with E-state index in [2.05, 4.69) is 25.9 Å². The Labute approximate surface area is 168 Å². The number of benzene rings is 1. The fourth-order valence-electron chi connectivity index (χ4n) is 2.42. The number of ether oxygens (including phenoxy) is 1. The lowest BCUT2D eigenvalue weighted by Crippen LogP contribution is -2.08. The molecular formula is C18H13BrCl2FN3O. The molecule has 0 aliphatic rings. The van der Waals surface area contributed by atoms with Gasteiger partial charge in [-0.25, -0.2) is 14.4 Å². The van der Waals surface area contributed by atoms with Crippen LogP contribution in [-0.4, -0.2) is 9.97 Å². The van der Waals surface area contributed by atoms with Gasteiger partial charge in [-0.2, -0.15) is 0 Å². The molecule has 0 aliphatic carbocycles. The van der Waals surface area contributed by atoms with Crippen molar-refractivity contribution in [1.29, 1.82) is 0 Å². The largest absolute Gasteiger partial charge is 0.482 e. The van der Waals surface area contributed by atoms with E-state index in [0.717, 1.165) is 15.7 Å². The molecule has 0 fully saturated rings. The molecule has 4 nitrogen and oxygen atoms in total. The summed E-state index contributed by atoms with van der Waals surface area (Å²) in [5, 5.41) is 0.230. The van der Waals surface area contributed by atoms with Gasteiger partial charge in [0.05, 0.1) is 5.02 Å². The molecule has 134 valence electrons. The molecule has 1 aromatic carbocycles. The molecule has 0 saturated heterocycles. The van der Waals surface area contributed by atoms with Gasteiger partial charge in [0, 0.05) is 34.1 Å². The average Bonchev–Trinajstić information content (AvgIpc) is 2.61. The van der Waals surface area contributed by atoms with Crippen molar-refractivity contribution in [3.8, 4) is 16.9 Å². The van der Waals surface area contributed by atoms with Gasteiger partial charge in [-0.05, 0) is 47.1 Å². The monoisotopic (exact) mass is 455 g/mol. The smallest absolute Gasteiger partial charge is 0.166 e.